The fraction of sp³-hybridized carbons (Fsp3) is 0.312. The molecule has 0 aliphatic heterocycles. The minimum atomic E-state index is -0.971. The van der Waals surface area contributed by atoms with Crippen molar-refractivity contribution in [3.05, 3.63) is 34.9 Å². The standard InChI is InChI=1S/C16H19BrN2O4/c1-3-22-15(20)9-23-13-5-4-10(7-14(13)21-2)11-6-12(17)16(18)19-8-11/h4-8,15,20H,3,9H2,1-2H3,(H2,18,19). The third-order valence-electron chi connectivity index (χ3n) is 3.11. The van der Waals surface area contributed by atoms with E-state index in [-0.39, 0.29) is 6.61 Å². The van der Waals surface area contributed by atoms with Crippen LogP contribution in [-0.4, -0.2) is 36.7 Å². The van der Waals surface area contributed by atoms with Crippen LogP contribution in [-0.2, 0) is 4.74 Å². The summed E-state index contributed by atoms with van der Waals surface area (Å²) in [5.74, 6) is 1.52. The molecule has 0 radical (unpaired) electrons. The van der Waals surface area contributed by atoms with Crippen LogP contribution in [0.3, 0.4) is 0 Å². The van der Waals surface area contributed by atoms with Gasteiger partial charge < -0.3 is 25.1 Å². The number of nitrogens with two attached hydrogens (primary N) is 1. The first-order chi connectivity index (χ1) is 11.0. The number of aliphatic hydroxyl groups excluding tert-OH is 1. The number of aromatic nitrogens is 1. The number of benzene rings is 1. The molecule has 0 fully saturated rings. The number of nitrogen functional groups attached to an aromatic ring is 1. The number of hydrogen-bond donors (Lipinski definition) is 2. The van der Waals surface area contributed by atoms with Gasteiger partial charge in [-0.3, -0.25) is 0 Å². The first kappa shape index (κ1) is 17.5. The summed E-state index contributed by atoms with van der Waals surface area (Å²) in [4.78, 5) is 4.12. The van der Waals surface area contributed by atoms with Crippen LogP contribution in [0.2, 0.25) is 0 Å². The fourth-order valence-corrected chi connectivity index (χ4v) is 2.32. The van der Waals surface area contributed by atoms with Crippen molar-refractivity contribution in [2.45, 2.75) is 13.2 Å². The van der Waals surface area contributed by atoms with Crippen LogP contribution in [0.1, 0.15) is 6.92 Å². The highest BCUT2D eigenvalue weighted by molar-refractivity contribution is 9.10. The first-order valence-electron chi connectivity index (χ1n) is 7.07. The zero-order valence-electron chi connectivity index (χ0n) is 13.0. The molecule has 1 heterocycles. The SMILES string of the molecule is CCOC(O)COc1ccc(-c2cnc(N)c(Br)c2)cc1OC. The fourth-order valence-electron chi connectivity index (χ4n) is 1.97. The molecule has 23 heavy (non-hydrogen) atoms. The Morgan fingerprint density at radius 1 is 1.26 bits per heavy atom. The Bertz CT molecular complexity index is 667. The zero-order valence-corrected chi connectivity index (χ0v) is 14.5. The van der Waals surface area contributed by atoms with Crippen molar-refractivity contribution in [2.24, 2.45) is 0 Å². The van der Waals surface area contributed by atoms with Crippen molar-refractivity contribution in [2.75, 3.05) is 26.1 Å². The molecule has 0 spiro atoms. The third kappa shape index (κ3) is 4.57. The van der Waals surface area contributed by atoms with Gasteiger partial charge in [-0.25, -0.2) is 4.98 Å². The monoisotopic (exact) mass is 382 g/mol. The summed E-state index contributed by atoms with van der Waals surface area (Å²) in [6, 6.07) is 7.38. The van der Waals surface area contributed by atoms with Crippen LogP contribution in [0.15, 0.2) is 34.9 Å². The van der Waals surface area contributed by atoms with Gasteiger partial charge in [0.25, 0.3) is 0 Å². The van der Waals surface area contributed by atoms with E-state index in [1.165, 1.54) is 0 Å². The van der Waals surface area contributed by atoms with Gasteiger partial charge in [0.05, 0.1) is 11.6 Å². The van der Waals surface area contributed by atoms with Gasteiger partial charge >= 0.3 is 0 Å². The molecule has 3 N–H and O–H groups in total. The molecule has 0 saturated carbocycles. The number of anilines is 1. The maximum absolute atomic E-state index is 9.55. The average molecular weight is 383 g/mol. The van der Waals surface area contributed by atoms with Crippen molar-refractivity contribution in [1.29, 1.82) is 0 Å². The molecule has 0 aliphatic rings. The highest BCUT2D eigenvalue weighted by Gasteiger charge is 2.11. The van der Waals surface area contributed by atoms with Crippen LogP contribution in [0.25, 0.3) is 11.1 Å². The van der Waals surface area contributed by atoms with E-state index in [1.54, 1.807) is 26.3 Å². The Kier molecular flexibility index (Phi) is 6.20. The van der Waals surface area contributed by atoms with Crippen molar-refractivity contribution in [3.8, 4) is 22.6 Å². The van der Waals surface area contributed by atoms with E-state index in [1.807, 2.05) is 18.2 Å². The van der Waals surface area contributed by atoms with Gasteiger partial charge in [-0.2, -0.15) is 0 Å². The lowest BCUT2D eigenvalue weighted by atomic mass is 10.1. The molecule has 124 valence electrons. The number of methoxy groups -OCH3 is 1. The summed E-state index contributed by atoms with van der Waals surface area (Å²) in [5, 5.41) is 9.55. The van der Waals surface area contributed by atoms with Gasteiger partial charge in [0, 0.05) is 18.4 Å². The summed E-state index contributed by atoms with van der Waals surface area (Å²) in [5.41, 5.74) is 7.50. The molecule has 0 saturated heterocycles. The molecule has 2 rings (SSSR count). The number of halogens is 1. The largest absolute Gasteiger partial charge is 0.493 e. The second-order valence-corrected chi connectivity index (χ2v) is 5.53. The molecule has 1 aromatic carbocycles. The lowest BCUT2D eigenvalue weighted by molar-refractivity contribution is -0.115. The number of hydrogen-bond acceptors (Lipinski definition) is 6. The van der Waals surface area contributed by atoms with E-state index >= 15 is 0 Å². The average Bonchev–Trinajstić information content (AvgIpc) is 2.55. The quantitative estimate of drug-likeness (QED) is 0.715. The van der Waals surface area contributed by atoms with E-state index in [0.29, 0.717) is 23.9 Å². The number of aliphatic hydroxyl groups is 1. The van der Waals surface area contributed by atoms with Gasteiger partial charge in [-0.05, 0) is 46.6 Å². The number of ether oxygens (including phenoxy) is 3. The zero-order chi connectivity index (χ0) is 16.8. The third-order valence-corrected chi connectivity index (χ3v) is 3.74. The van der Waals surface area contributed by atoms with Gasteiger partial charge in [0.2, 0.25) is 0 Å². The highest BCUT2D eigenvalue weighted by atomic mass is 79.9. The second kappa shape index (κ2) is 8.14. The summed E-state index contributed by atoms with van der Waals surface area (Å²) < 4.78 is 16.6. The Balaban J connectivity index is 2.20. The van der Waals surface area contributed by atoms with Crippen LogP contribution in [0, 0.1) is 0 Å². The van der Waals surface area contributed by atoms with E-state index in [0.717, 1.165) is 15.6 Å². The molecule has 0 amide bonds. The normalized spacial score (nSPS) is 12.0. The highest BCUT2D eigenvalue weighted by Crippen LogP contribution is 2.33. The molecule has 0 aliphatic carbocycles. The molecule has 1 aromatic heterocycles. The molecule has 0 bridgehead atoms. The van der Waals surface area contributed by atoms with Crippen LogP contribution in [0.4, 0.5) is 5.82 Å². The molecular weight excluding hydrogens is 364 g/mol. The Morgan fingerprint density at radius 3 is 2.70 bits per heavy atom. The van der Waals surface area contributed by atoms with Crippen LogP contribution >= 0.6 is 15.9 Å². The molecule has 7 heteroatoms. The van der Waals surface area contributed by atoms with Crippen LogP contribution < -0.4 is 15.2 Å². The number of nitrogens with zero attached hydrogens (tertiary/aromatic N) is 1. The number of rotatable bonds is 7. The summed E-state index contributed by atoms with van der Waals surface area (Å²) in [6.07, 6.45) is 0.718. The lowest BCUT2D eigenvalue weighted by Crippen LogP contribution is -2.21. The van der Waals surface area contributed by atoms with E-state index in [2.05, 4.69) is 20.9 Å². The molecule has 1 atom stereocenters. The Labute approximate surface area is 143 Å². The van der Waals surface area contributed by atoms with E-state index in [4.69, 9.17) is 19.9 Å². The summed E-state index contributed by atoms with van der Waals surface area (Å²) in [6.45, 7) is 2.25. The van der Waals surface area contributed by atoms with Crippen molar-refractivity contribution in [3.63, 3.8) is 0 Å². The Hall–Kier alpha value is -1.83. The second-order valence-electron chi connectivity index (χ2n) is 4.68. The van der Waals surface area contributed by atoms with E-state index < -0.39 is 6.29 Å². The molecule has 2 aromatic rings. The summed E-state index contributed by atoms with van der Waals surface area (Å²) >= 11 is 3.36. The predicted molar refractivity (Wildman–Crippen MR) is 91.5 cm³/mol. The molecular formula is C16H19BrN2O4. The summed E-state index contributed by atoms with van der Waals surface area (Å²) in [7, 11) is 1.56. The molecule has 1 unspecified atom stereocenters. The van der Waals surface area contributed by atoms with Crippen molar-refractivity contribution < 1.29 is 19.3 Å². The van der Waals surface area contributed by atoms with Gasteiger partial charge in [-0.1, -0.05) is 6.07 Å². The van der Waals surface area contributed by atoms with Gasteiger partial charge in [0.15, 0.2) is 17.8 Å². The predicted octanol–water partition coefficient (Wildman–Crippen LogP) is 2.84. The van der Waals surface area contributed by atoms with Crippen LogP contribution in [0.5, 0.6) is 11.5 Å². The smallest absolute Gasteiger partial charge is 0.189 e. The molecule has 6 nitrogen and oxygen atoms in total. The van der Waals surface area contributed by atoms with Gasteiger partial charge in [-0.15, -0.1) is 0 Å². The van der Waals surface area contributed by atoms with Gasteiger partial charge in [0.1, 0.15) is 12.4 Å². The minimum Gasteiger partial charge on any atom is -0.493 e. The maximum atomic E-state index is 9.55. The van der Waals surface area contributed by atoms with Crippen molar-refractivity contribution >= 4 is 21.7 Å². The topological polar surface area (TPSA) is 86.8 Å². The maximum Gasteiger partial charge on any atom is 0.189 e. The Morgan fingerprint density at radius 2 is 2.04 bits per heavy atom. The lowest BCUT2D eigenvalue weighted by Gasteiger charge is -2.15. The minimum absolute atomic E-state index is 0.0263. The van der Waals surface area contributed by atoms with E-state index in [9.17, 15) is 5.11 Å². The first-order valence-corrected chi connectivity index (χ1v) is 7.86. The number of pyridine rings is 1. The van der Waals surface area contributed by atoms with Crippen molar-refractivity contribution in [1.82, 2.24) is 4.98 Å².